The maximum atomic E-state index is 13.0. The van der Waals surface area contributed by atoms with Gasteiger partial charge < -0.3 is 16.0 Å². The molecule has 0 radical (unpaired) electrons. The fourth-order valence-corrected chi connectivity index (χ4v) is 3.69. The lowest BCUT2D eigenvalue weighted by Gasteiger charge is -2.15. The number of hydrogen-bond acceptors (Lipinski definition) is 7. The standard InChI is InChI=1S/C22H23N5O4S/c1-14-7-4-5-9-17(14)26-20-18(11-15(12-25-20)21(28)23-2)27-22(29)16-8-6-10-24-19(16)13-32(3,30)31/h4-12H,13H2,1-3H3,(H,23,28)(H,25,26)(H,27,29). The van der Waals surface area contributed by atoms with Crippen LogP contribution in [0.25, 0.3) is 0 Å². The van der Waals surface area contributed by atoms with Gasteiger partial charge in [-0.15, -0.1) is 0 Å². The van der Waals surface area contributed by atoms with E-state index in [2.05, 4.69) is 25.9 Å². The van der Waals surface area contributed by atoms with Gasteiger partial charge in [0, 0.05) is 31.4 Å². The number of carbonyl (C=O) groups excluding carboxylic acids is 2. The Balaban J connectivity index is 1.99. The minimum absolute atomic E-state index is 0.116. The van der Waals surface area contributed by atoms with E-state index in [4.69, 9.17) is 0 Å². The van der Waals surface area contributed by atoms with Gasteiger partial charge in [0.15, 0.2) is 15.7 Å². The van der Waals surface area contributed by atoms with Crippen LogP contribution in [0.3, 0.4) is 0 Å². The number of hydrogen-bond donors (Lipinski definition) is 3. The van der Waals surface area contributed by atoms with Crippen molar-refractivity contribution in [3.8, 4) is 0 Å². The van der Waals surface area contributed by atoms with Crippen LogP contribution in [-0.4, -0.2) is 43.5 Å². The fourth-order valence-electron chi connectivity index (χ4n) is 2.97. The van der Waals surface area contributed by atoms with Gasteiger partial charge in [0.05, 0.1) is 28.3 Å². The van der Waals surface area contributed by atoms with Crippen LogP contribution in [0.5, 0.6) is 0 Å². The molecule has 10 heteroatoms. The molecule has 166 valence electrons. The predicted octanol–water partition coefficient (Wildman–Crippen LogP) is 2.69. The summed E-state index contributed by atoms with van der Waals surface area (Å²) in [5, 5.41) is 8.42. The lowest BCUT2D eigenvalue weighted by molar-refractivity contribution is 0.0961. The first-order valence-corrected chi connectivity index (χ1v) is 11.7. The topological polar surface area (TPSA) is 130 Å². The molecule has 2 heterocycles. The van der Waals surface area contributed by atoms with Gasteiger partial charge in [0.2, 0.25) is 0 Å². The van der Waals surface area contributed by atoms with Crippen molar-refractivity contribution in [2.24, 2.45) is 0 Å². The maximum absolute atomic E-state index is 13.0. The summed E-state index contributed by atoms with van der Waals surface area (Å²) >= 11 is 0. The Hall–Kier alpha value is -3.79. The molecule has 0 unspecified atom stereocenters. The van der Waals surface area contributed by atoms with E-state index in [0.29, 0.717) is 5.82 Å². The number of anilines is 3. The van der Waals surface area contributed by atoms with E-state index in [1.807, 2.05) is 31.2 Å². The molecule has 0 aliphatic carbocycles. The zero-order chi connectivity index (χ0) is 23.3. The molecule has 0 saturated heterocycles. The Morgan fingerprint density at radius 2 is 1.75 bits per heavy atom. The summed E-state index contributed by atoms with van der Waals surface area (Å²) in [5.41, 5.74) is 2.50. The highest BCUT2D eigenvalue weighted by molar-refractivity contribution is 7.89. The number of nitrogens with one attached hydrogen (secondary N) is 3. The van der Waals surface area contributed by atoms with Gasteiger partial charge in [0.25, 0.3) is 11.8 Å². The van der Waals surface area contributed by atoms with Crippen LogP contribution in [0, 0.1) is 6.92 Å². The largest absolute Gasteiger partial charge is 0.355 e. The Morgan fingerprint density at radius 1 is 1.00 bits per heavy atom. The quantitative estimate of drug-likeness (QED) is 0.501. The second-order valence-electron chi connectivity index (χ2n) is 7.16. The number of pyridine rings is 2. The Morgan fingerprint density at radius 3 is 2.44 bits per heavy atom. The number of aryl methyl sites for hydroxylation is 1. The van der Waals surface area contributed by atoms with Gasteiger partial charge in [-0.1, -0.05) is 18.2 Å². The van der Waals surface area contributed by atoms with Crippen LogP contribution < -0.4 is 16.0 Å². The molecule has 0 atom stereocenters. The van der Waals surface area contributed by atoms with Crippen molar-refractivity contribution in [3.05, 3.63) is 77.2 Å². The first-order valence-electron chi connectivity index (χ1n) is 9.65. The summed E-state index contributed by atoms with van der Waals surface area (Å²) in [5.74, 6) is -0.981. The third-order valence-corrected chi connectivity index (χ3v) is 5.35. The summed E-state index contributed by atoms with van der Waals surface area (Å²) < 4.78 is 23.5. The van der Waals surface area contributed by atoms with E-state index in [-0.39, 0.29) is 34.2 Å². The summed E-state index contributed by atoms with van der Waals surface area (Å²) in [6, 6.07) is 12.1. The van der Waals surface area contributed by atoms with E-state index < -0.39 is 15.7 Å². The smallest absolute Gasteiger partial charge is 0.257 e. The molecule has 2 amide bonds. The van der Waals surface area contributed by atoms with Gasteiger partial charge in [-0.05, 0) is 36.8 Å². The molecule has 0 aliphatic heterocycles. The van der Waals surface area contributed by atoms with E-state index >= 15 is 0 Å². The number of nitrogens with zero attached hydrogens (tertiary/aromatic N) is 2. The molecule has 0 fully saturated rings. The molecule has 0 bridgehead atoms. The number of amides is 2. The molecule has 1 aromatic carbocycles. The number of para-hydroxylation sites is 1. The van der Waals surface area contributed by atoms with Crippen molar-refractivity contribution < 1.29 is 18.0 Å². The molecule has 0 aliphatic rings. The fraction of sp³-hybridized carbons (Fsp3) is 0.182. The Kier molecular flexibility index (Phi) is 6.84. The second kappa shape index (κ2) is 9.56. The van der Waals surface area contributed by atoms with Crippen LogP contribution in [0.1, 0.15) is 32.0 Å². The van der Waals surface area contributed by atoms with Crippen molar-refractivity contribution in [2.75, 3.05) is 23.9 Å². The predicted molar refractivity (Wildman–Crippen MR) is 123 cm³/mol. The second-order valence-corrected chi connectivity index (χ2v) is 9.30. The average Bonchev–Trinajstić information content (AvgIpc) is 2.75. The zero-order valence-corrected chi connectivity index (χ0v) is 18.7. The highest BCUT2D eigenvalue weighted by Gasteiger charge is 2.19. The van der Waals surface area contributed by atoms with Gasteiger partial charge >= 0.3 is 0 Å². The lowest BCUT2D eigenvalue weighted by atomic mass is 10.1. The van der Waals surface area contributed by atoms with E-state index in [0.717, 1.165) is 17.5 Å². The highest BCUT2D eigenvalue weighted by Crippen LogP contribution is 2.27. The molecule has 9 nitrogen and oxygen atoms in total. The molecular formula is C22H23N5O4S. The van der Waals surface area contributed by atoms with Crippen LogP contribution in [0.15, 0.2) is 54.9 Å². The number of carbonyl (C=O) groups is 2. The monoisotopic (exact) mass is 453 g/mol. The van der Waals surface area contributed by atoms with Crippen LogP contribution in [0.4, 0.5) is 17.2 Å². The molecule has 2 aromatic heterocycles. The summed E-state index contributed by atoms with van der Waals surface area (Å²) in [6.07, 6.45) is 3.90. The number of sulfone groups is 1. The van der Waals surface area contributed by atoms with Gasteiger partial charge in [-0.2, -0.15) is 0 Å². The minimum atomic E-state index is -3.40. The summed E-state index contributed by atoms with van der Waals surface area (Å²) in [7, 11) is -1.91. The van der Waals surface area contributed by atoms with Crippen molar-refractivity contribution in [1.29, 1.82) is 0 Å². The van der Waals surface area contributed by atoms with Crippen LogP contribution in [0.2, 0.25) is 0 Å². The van der Waals surface area contributed by atoms with Crippen LogP contribution in [-0.2, 0) is 15.6 Å². The van der Waals surface area contributed by atoms with Gasteiger partial charge in [0.1, 0.15) is 0 Å². The first kappa shape index (κ1) is 22.9. The maximum Gasteiger partial charge on any atom is 0.257 e. The van der Waals surface area contributed by atoms with E-state index in [1.54, 1.807) is 6.07 Å². The summed E-state index contributed by atoms with van der Waals surface area (Å²) in [4.78, 5) is 33.5. The van der Waals surface area contributed by atoms with E-state index in [1.165, 1.54) is 31.6 Å². The molecule has 0 spiro atoms. The molecule has 0 saturated carbocycles. The van der Waals surface area contributed by atoms with Crippen molar-refractivity contribution in [1.82, 2.24) is 15.3 Å². The Bertz CT molecular complexity index is 1270. The Labute approximate surface area is 186 Å². The molecule has 3 N–H and O–H groups in total. The zero-order valence-electron chi connectivity index (χ0n) is 17.8. The summed E-state index contributed by atoms with van der Waals surface area (Å²) in [6.45, 7) is 1.92. The van der Waals surface area contributed by atoms with Crippen LogP contribution >= 0.6 is 0 Å². The third kappa shape index (κ3) is 5.67. The average molecular weight is 454 g/mol. The van der Waals surface area contributed by atoms with Crippen molar-refractivity contribution >= 4 is 38.8 Å². The minimum Gasteiger partial charge on any atom is -0.355 e. The SMILES string of the molecule is CNC(=O)c1cnc(Nc2ccccc2C)c(NC(=O)c2cccnc2CS(C)(=O)=O)c1. The first-order chi connectivity index (χ1) is 15.2. The normalized spacial score (nSPS) is 11.0. The van der Waals surface area contributed by atoms with Crippen molar-refractivity contribution in [2.45, 2.75) is 12.7 Å². The van der Waals surface area contributed by atoms with Crippen molar-refractivity contribution in [3.63, 3.8) is 0 Å². The van der Waals surface area contributed by atoms with E-state index in [9.17, 15) is 18.0 Å². The lowest BCUT2D eigenvalue weighted by Crippen LogP contribution is -2.20. The molecule has 32 heavy (non-hydrogen) atoms. The van der Waals surface area contributed by atoms with Gasteiger partial charge in [-0.3, -0.25) is 14.6 Å². The molecular weight excluding hydrogens is 430 g/mol. The number of benzene rings is 1. The third-order valence-electron chi connectivity index (χ3n) is 4.56. The number of aromatic nitrogens is 2. The molecule has 3 aromatic rings. The number of rotatable bonds is 7. The van der Waals surface area contributed by atoms with Gasteiger partial charge in [-0.25, -0.2) is 13.4 Å². The molecule has 3 rings (SSSR count). The highest BCUT2D eigenvalue weighted by atomic mass is 32.2.